The van der Waals surface area contributed by atoms with Crippen LogP contribution in [0, 0.1) is 6.92 Å². The summed E-state index contributed by atoms with van der Waals surface area (Å²) < 4.78 is 4.88. The fraction of sp³-hybridized carbons (Fsp3) is 0.385. The van der Waals surface area contributed by atoms with Crippen LogP contribution in [0.15, 0.2) is 21.5 Å². The molecule has 1 aliphatic carbocycles. The van der Waals surface area contributed by atoms with E-state index in [0.717, 1.165) is 24.1 Å². The molecular weight excluding hydrogens is 260 g/mol. The van der Waals surface area contributed by atoms with Gasteiger partial charge in [-0.15, -0.1) is 0 Å². The highest BCUT2D eigenvalue weighted by Gasteiger charge is 2.23. The van der Waals surface area contributed by atoms with Crippen molar-refractivity contribution in [2.45, 2.75) is 32.2 Å². The molecule has 2 aromatic heterocycles. The maximum Gasteiger partial charge on any atom is 0.273 e. The molecule has 1 aliphatic rings. The molecule has 2 aromatic rings. The predicted molar refractivity (Wildman–Crippen MR) is 69.4 cm³/mol. The first-order chi connectivity index (χ1) is 9.61. The molecule has 0 saturated heterocycles. The number of hydrogen-bond acceptors (Lipinski definition) is 5. The van der Waals surface area contributed by atoms with Crippen molar-refractivity contribution in [2.75, 3.05) is 0 Å². The Balaban J connectivity index is 1.71. The van der Waals surface area contributed by atoms with Crippen LogP contribution in [0.4, 0.5) is 0 Å². The lowest BCUT2D eigenvalue weighted by atomic mass is 9.92. The number of aryl methyl sites for hydroxylation is 2. The topological polar surface area (TPSA) is 101 Å². The zero-order chi connectivity index (χ0) is 14.1. The summed E-state index contributed by atoms with van der Waals surface area (Å²) in [5.41, 5.74) is 1.84. The van der Waals surface area contributed by atoms with Crippen molar-refractivity contribution in [3.63, 3.8) is 0 Å². The van der Waals surface area contributed by atoms with Gasteiger partial charge in [0.2, 0.25) is 0 Å². The van der Waals surface area contributed by atoms with Crippen molar-refractivity contribution in [1.82, 2.24) is 20.7 Å². The van der Waals surface area contributed by atoms with E-state index < -0.39 is 0 Å². The van der Waals surface area contributed by atoms with Gasteiger partial charge >= 0.3 is 0 Å². The summed E-state index contributed by atoms with van der Waals surface area (Å²) in [4.78, 5) is 23.3. The number of nitrogens with one attached hydrogen (secondary N) is 2. The number of aromatic amines is 1. The Bertz CT molecular complexity index is 704. The fourth-order valence-corrected chi connectivity index (χ4v) is 2.40. The van der Waals surface area contributed by atoms with Crippen LogP contribution in [-0.4, -0.2) is 27.3 Å². The first kappa shape index (κ1) is 12.6. The van der Waals surface area contributed by atoms with Crippen LogP contribution in [-0.2, 0) is 12.8 Å². The van der Waals surface area contributed by atoms with Gasteiger partial charge in [-0.25, -0.2) is 5.10 Å². The van der Waals surface area contributed by atoms with Gasteiger partial charge in [0.15, 0.2) is 5.69 Å². The summed E-state index contributed by atoms with van der Waals surface area (Å²) in [5.74, 6) is 0.341. The molecule has 2 N–H and O–H groups in total. The van der Waals surface area contributed by atoms with Crippen LogP contribution in [0.5, 0.6) is 0 Å². The van der Waals surface area contributed by atoms with Crippen LogP contribution >= 0.6 is 0 Å². The quantitative estimate of drug-likeness (QED) is 0.823. The van der Waals surface area contributed by atoms with E-state index >= 15 is 0 Å². The second-order valence-electron chi connectivity index (χ2n) is 4.94. The molecule has 0 aromatic carbocycles. The second kappa shape index (κ2) is 4.92. The number of amides is 1. The van der Waals surface area contributed by atoms with E-state index in [4.69, 9.17) is 4.52 Å². The lowest BCUT2D eigenvalue weighted by molar-refractivity contribution is 0.0924. The highest BCUT2D eigenvalue weighted by Crippen LogP contribution is 2.18. The third kappa shape index (κ3) is 2.47. The molecule has 2 heterocycles. The second-order valence-corrected chi connectivity index (χ2v) is 4.94. The lowest BCUT2D eigenvalue weighted by Gasteiger charge is -2.23. The molecule has 1 atom stereocenters. The van der Waals surface area contributed by atoms with Gasteiger partial charge in [0.25, 0.3) is 11.5 Å². The standard InChI is InChI=1S/C13H14N4O3/c1-7-4-11(17-20-7)13(19)14-9-2-3-10-8(5-9)6-12(18)16-15-10/h4,6,9H,2-3,5H2,1H3,(H,14,19)(H,16,18)/t9-/m1/s1. The molecule has 20 heavy (non-hydrogen) atoms. The summed E-state index contributed by atoms with van der Waals surface area (Å²) >= 11 is 0. The minimum Gasteiger partial charge on any atom is -0.361 e. The maximum absolute atomic E-state index is 12.0. The Morgan fingerprint density at radius 3 is 3.10 bits per heavy atom. The number of carbonyl (C=O) groups excluding carboxylic acids is 1. The van der Waals surface area contributed by atoms with E-state index in [1.54, 1.807) is 19.1 Å². The molecular formula is C13H14N4O3. The fourth-order valence-electron chi connectivity index (χ4n) is 2.40. The van der Waals surface area contributed by atoms with Gasteiger partial charge in [-0.3, -0.25) is 9.59 Å². The molecule has 0 bridgehead atoms. The predicted octanol–water partition coefficient (Wildman–Crippen LogP) is 0.354. The molecule has 0 aliphatic heterocycles. The van der Waals surface area contributed by atoms with Gasteiger partial charge in [-0.05, 0) is 31.7 Å². The van der Waals surface area contributed by atoms with Crippen LogP contribution in [0.1, 0.15) is 33.9 Å². The molecule has 0 unspecified atom stereocenters. The average Bonchev–Trinajstić information content (AvgIpc) is 2.85. The first-order valence-electron chi connectivity index (χ1n) is 6.43. The van der Waals surface area contributed by atoms with Gasteiger partial charge in [0, 0.05) is 18.2 Å². The van der Waals surface area contributed by atoms with Crippen LogP contribution in [0.3, 0.4) is 0 Å². The number of nitrogens with zero attached hydrogens (tertiary/aromatic N) is 2. The molecule has 3 rings (SSSR count). The van der Waals surface area contributed by atoms with E-state index in [9.17, 15) is 9.59 Å². The summed E-state index contributed by atoms with van der Waals surface area (Å²) in [7, 11) is 0. The summed E-state index contributed by atoms with van der Waals surface area (Å²) in [6, 6.07) is 3.12. The maximum atomic E-state index is 12.0. The largest absolute Gasteiger partial charge is 0.361 e. The van der Waals surface area contributed by atoms with E-state index in [1.165, 1.54) is 0 Å². The highest BCUT2D eigenvalue weighted by molar-refractivity contribution is 5.92. The normalized spacial score (nSPS) is 17.6. The van der Waals surface area contributed by atoms with Crippen LogP contribution in [0.2, 0.25) is 0 Å². The third-order valence-electron chi connectivity index (χ3n) is 3.37. The van der Waals surface area contributed by atoms with Gasteiger partial charge in [0.1, 0.15) is 5.76 Å². The number of aromatic nitrogens is 3. The van der Waals surface area contributed by atoms with Crippen molar-refractivity contribution >= 4 is 5.91 Å². The minimum absolute atomic E-state index is 0.0180. The number of carbonyl (C=O) groups is 1. The molecule has 7 heteroatoms. The van der Waals surface area contributed by atoms with Gasteiger partial charge in [-0.2, -0.15) is 5.10 Å². The van der Waals surface area contributed by atoms with E-state index in [1.807, 2.05) is 0 Å². The van der Waals surface area contributed by atoms with Crippen molar-refractivity contribution < 1.29 is 9.32 Å². The van der Waals surface area contributed by atoms with E-state index in [0.29, 0.717) is 12.2 Å². The van der Waals surface area contributed by atoms with Crippen molar-refractivity contribution in [3.05, 3.63) is 45.2 Å². The molecule has 104 valence electrons. The smallest absolute Gasteiger partial charge is 0.273 e. The van der Waals surface area contributed by atoms with Gasteiger partial charge in [0.05, 0.1) is 5.69 Å². The van der Waals surface area contributed by atoms with Crippen molar-refractivity contribution in [2.24, 2.45) is 0 Å². The molecule has 7 nitrogen and oxygen atoms in total. The first-order valence-corrected chi connectivity index (χ1v) is 6.43. The molecule has 1 amide bonds. The Hall–Kier alpha value is -2.44. The zero-order valence-electron chi connectivity index (χ0n) is 11.0. The third-order valence-corrected chi connectivity index (χ3v) is 3.37. The lowest BCUT2D eigenvalue weighted by Crippen LogP contribution is -2.39. The molecule has 0 radical (unpaired) electrons. The summed E-state index contributed by atoms with van der Waals surface area (Å²) in [6.45, 7) is 1.73. The van der Waals surface area contributed by atoms with Crippen LogP contribution in [0.25, 0.3) is 0 Å². The Kier molecular flexibility index (Phi) is 3.09. The number of rotatable bonds is 2. The summed E-state index contributed by atoms with van der Waals surface area (Å²) in [5, 5.41) is 13.0. The number of fused-ring (bicyclic) bond motifs is 1. The van der Waals surface area contributed by atoms with Crippen LogP contribution < -0.4 is 10.9 Å². The number of hydrogen-bond donors (Lipinski definition) is 2. The Morgan fingerprint density at radius 2 is 2.35 bits per heavy atom. The van der Waals surface area contributed by atoms with Crippen molar-refractivity contribution in [1.29, 1.82) is 0 Å². The Morgan fingerprint density at radius 1 is 1.50 bits per heavy atom. The summed E-state index contributed by atoms with van der Waals surface area (Å²) in [6.07, 6.45) is 2.12. The van der Waals surface area contributed by atoms with E-state index in [2.05, 4.69) is 20.7 Å². The monoisotopic (exact) mass is 274 g/mol. The van der Waals surface area contributed by atoms with Gasteiger partial charge < -0.3 is 9.84 Å². The molecule has 0 saturated carbocycles. The Labute approximate surface area is 114 Å². The highest BCUT2D eigenvalue weighted by atomic mass is 16.5. The molecule has 0 spiro atoms. The van der Waals surface area contributed by atoms with Gasteiger partial charge in [-0.1, -0.05) is 5.16 Å². The van der Waals surface area contributed by atoms with Crippen molar-refractivity contribution in [3.8, 4) is 0 Å². The SMILES string of the molecule is Cc1cc(C(=O)N[C@@H]2CCc3n[nH]c(=O)cc3C2)no1. The average molecular weight is 274 g/mol. The minimum atomic E-state index is -0.256. The van der Waals surface area contributed by atoms with E-state index in [-0.39, 0.29) is 23.2 Å². The zero-order valence-corrected chi connectivity index (χ0v) is 11.0. The number of H-pyrrole nitrogens is 1. The molecule has 0 fully saturated rings.